The second kappa shape index (κ2) is 7.50. The maximum absolute atomic E-state index is 13.9. The zero-order valence-corrected chi connectivity index (χ0v) is 13.3. The Kier molecular flexibility index (Phi) is 5.17. The molecule has 3 rings (SSSR count). The molecule has 2 atom stereocenters. The van der Waals surface area contributed by atoms with Gasteiger partial charge < -0.3 is 14.8 Å². The lowest BCUT2D eigenvalue weighted by Gasteiger charge is -2.16. The Morgan fingerprint density at radius 1 is 1.58 bits per heavy atom. The molecule has 8 heteroatoms. The number of aromatic nitrogens is 3. The summed E-state index contributed by atoms with van der Waals surface area (Å²) in [5, 5.41) is 10.1. The molecule has 1 N–H and O–H groups in total. The lowest BCUT2D eigenvalue weighted by Crippen LogP contribution is -2.30. The van der Waals surface area contributed by atoms with Crippen LogP contribution in [0.2, 0.25) is 0 Å². The molecule has 0 aliphatic carbocycles. The molecule has 1 aliphatic heterocycles. The SMILES string of the molecule is CC(OCC1CCCO1)C(=O)Nc1cc(-n2ccnn2)ccc1F. The van der Waals surface area contributed by atoms with E-state index in [1.807, 2.05) is 0 Å². The van der Waals surface area contributed by atoms with Gasteiger partial charge in [0.15, 0.2) is 0 Å². The normalized spacial score (nSPS) is 18.5. The van der Waals surface area contributed by atoms with Gasteiger partial charge in [0.05, 0.1) is 36.5 Å². The number of hydrogen-bond acceptors (Lipinski definition) is 5. The fourth-order valence-corrected chi connectivity index (χ4v) is 2.43. The molecule has 2 heterocycles. The van der Waals surface area contributed by atoms with Crippen molar-refractivity contribution >= 4 is 11.6 Å². The van der Waals surface area contributed by atoms with Crippen LogP contribution in [0, 0.1) is 5.82 Å². The maximum Gasteiger partial charge on any atom is 0.253 e. The molecule has 1 fully saturated rings. The predicted molar refractivity (Wildman–Crippen MR) is 84.3 cm³/mol. The molecule has 1 aromatic heterocycles. The first-order valence-corrected chi connectivity index (χ1v) is 7.84. The predicted octanol–water partition coefficient (Wildman–Crippen LogP) is 1.93. The summed E-state index contributed by atoms with van der Waals surface area (Å²) in [5.41, 5.74) is 0.665. The van der Waals surface area contributed by atoms with Gasteiger partial charge >= 0.3 is 0 Å². The van der Waals surface area contributed by atoms with Crippen molar-refractivity contribution in [2.24, 2.45) is 0 Å². The van der Waals surface area contributed by atoms with E-state index in [0.717, 1.165) is 19.4 Å². The second-order valence-corrected chi connectivity index (χ2v) is 5.61. The summed E-state index contributed by atoms with van der Waals surface area (Å²) in [6.07, 6.45) is 4.42. The summed E-state index contributed by atoms with van der Waals surface area (Å²) >= 11 is 0. The number of ether oxygens (including phenoxy) is 2. The number of carbonyl (C=O) groups is 1. The lowest BCUT2D eigenvalue weighted by molar-refractivity contribution is -0.128. The first-order chi connectivity index (χ1) is 11.6. The van der Waals surface area contributed by atoms with Crippen LogP contribution in [0.15, 0.2) is 30.6 Å². The van der Waals surface area contributed by atoms with Crippen molar-refractivity contribution in [2.45, 2.75) is 32.0 Å². The quantitative estimate of drug-likeness (QED) is 0.873. The largest absolute Gasteiger partial charge is 0.376 e. The molecule has 1 aromatic carbocycles. The Labute approximate surface area is 138 Å². The summed E-state index contributed by atoms with van der Waals surface area (Å²) in [5.74, 6) is -0.943. The topological polar surface area (TPSA) is 78.3 Å². The van der Waals surface area contributed by atoms with Crippen molar-refractivity contribution in [1.29, 1.82) is 0 Å². The molecule has 1 amide bonds. The first kappa shape index (κ1) is 16.5. The Balaban J connectivity index is 1.61. The number of halogens is 1. The fraction of sp³-hybridized carbons (Fsp3) is 0.438. The number of carbonyl (C=O) groups excluding carboxylic acids is 1. The van der Waals surface area contributed by atoms with Gasteiger partial charge in [-0.25, -0.2) is 9.07 Å². The number of rotatable bonds is 6. The minimum absolute atomic E-state index is 0.0348. The van der Waals surface area contributed by atoms with Crippen molar-refractivity contribution in [2.75, 3.05) is 18.5 Å². The maximum atomic E-state index is 13.9. The highest BCUT2D eigenvalue weighted by Crippen LogP contribution is 2.19. The molecular formula is C16H19FN4O3. The van der Waals surface area contributed by atoms with E-state index in [9.17, 15) is 9.18 Å². The number of hydrogen-bond donors (Lipinski definition) is 1. The molecular weight excluding hydrogens is 315 g/mol. The number of nitrogens with zero attached hydrogens (tertiary/aromatic N) is 3. The van der Waals surface area contributed by atoms with E-state index in [1.54, 1.807) is 19.2 Å². The van der Waals surface area contributed by atoms with E-state index in [2.05, 4.69) is 15.6 Å². The van der Waals surface area contributed by atoms with Crippen LogP contribution in [0.3, 0.4) is 0 Å². The molecule has 0 bridgehead atoms. The first-order valence-electron chi connectivity index (χ1n) is 7.84. The standard InChI is InChI=1S/C16H19FN4O3/c1-11(24-10-13-3-2-8-23-13)16(22)19-15-9-12(4-5-14(15)17)21-7-6-18-20-21/h4-7,9,11,13H,2-3,8,10H2,1H3,(H,19,22). The summed E-state index contributed by atoms with van der Waals surface area (Å²) in [6, 6.07) is 4.32. The number of anilines is 1. The summed E-state index contributed by atoms with van der Waals surface area (Å²) in [7, 11) is 0. The van der Waals surface area contributed by atoms with Gasteiger partial charge in [-0.1, -0.05) is 5.21 Å². The Hall–Kier alpha value is -2.32. The van der Waals surface area contributed by atoms with E-state index in [1.165, 1.54) is 23.0 Å². The minimum atomic E-state index is -0.705. The molecule has 1 aliphatic rings. The summed E-state index contributed by atoms with van der Waals surface area (Å²) in [4.78, 5) is 12.2. The number of benzene rings is 1. The van der Waals surface area contributed by atoms with Crippen LogP contribution in [-0.2, 0) is 14.3 Å². The smallest absolute Gasteiger partial charge is 0.253 e. The molecule has 2 unspecified atom stereocenters. The molecule has 0 saturated carbocycles. The van der Waals surface area contributed by atoms with Gasteiger partial charge in [-0.05, 0) is 38.0 Å². The van der Waals surface area contributed by atoms with E-state index in [0.29, 0.717) is 12.3 Å². The molecule has 0 radical (unpaired) electrons. The van der Waals surface area contributed by atoms with Gasteiger partial charge in [-0.2, -0.15) is 0 Å². The van der Waals surface area contributed by atoms with Crippen LogP contribution < -0.4 is 5.32 Å². The monoisotopic (exact) mass is 334 g/mol. The van der Waals surface area contributed by atoms with Gasteiger partial charge in [-0.15, -0.1) is 5.10 Å². The lowest BCUT2D eigenvalue weighted by atomic mass is 10.2. The van der Waals surface area contributed by atoms with Gasteiger partial charge in [0.25, 0.3) is 5.91 Å². The highest BCUT2D eigenvalue weighted by Gasteiger charge is 2.20. The zero-order valence-electron chi connectivity index (χ0n) is 13.3. The number of nitrogens with one attached hydrogen (secondary N) is 1. The van der Waals surface area contributed by atoms with E-state index in [4.69, 9.17) is 9.47 Å². The van der Waals surface area contributed by atoms with Gasteiger partial charge in [0.1, 0.15) is 11.9 Å². The fourth-order valence-electron chi connectivity index (χ4n) is 2.43. The van der Waals surface area contributed by atoms with Crippen LogP contribution in [0.1, 0.15) is 19.8 Å². The van der Waals surface area contributed by atoms with Crippen LogP contribution in [0.5, 0.6) is 0 Å². The van der Waals surface area contributed by atoms with E-state index < -0.39 is 17.8 Å². The van der Waals surface area contributed by atoms with Crippen molar-refractivity contribution in [3.8, 4) is 5.69 Å². The van der Waals surface area contributed by atoms with Crippen molar-refractivity contribution in [3.05, 3.63) is 36.4 Å². The Bertz CT molecular complexity index is 687. The van der Waals surface area contributed by atoms with Gasteiger partial charge in [-0.3, -0.25) is 4.79 Å². The van der Waals surface area contributed by atoms with Gasteiger partial charge in [0, 0.05) is 6.61 Å². The Morgan fingerprint density at radius 2 is 2.46 bits per heavy atom. The third-order valence-electron chi connectivity index (χ3n) is 3.82. The summed E-state index contributed by atoms with van der Waals surface area (Å²) in [6.45, 7) is 2.72. The van der Waals surface area contributed by atoms with Crippen LogP contribution in [-0.4, -0.2) is 46.3 Å². The Morgan fingerprint density at radius 3 is 3.17 bits per heavy atom. The molecule has 2 aromatic rings. The van der Waals surface area contributed by atoms with Crippen LogP contribution in [0.25, 0.3) is 5.69 Å². The second-order valence-electron chi connectivity index (χ2n) is 5.61. The molecule has 0 spiro atoms. The van der Waals surface area contributed by atoms with Crippen molar-refractivity contribution in [1.82, 2.24) is 15.0 Å². The average Bonchev–Trinajstić information content (AvgIpc) is 3.28. The highest BCUT2D eigenvalue weighted by atomic mass is 19.1. The summed E-state index contributed by atoms with van der Waals surface area (Å²) < 4.78 is 26.4. The zero-order chi connectivity index (χ0) is 16.9. The number of amides is 1. The molecule has 128 valence electrons. The van der Waals surface area contributed by atoms with E-state index in [-0.39, 0.29) is 11.8 Å². The molecule has 24 heavy (non-hydrogen) atoms. The third-order valence-corrected chi connectivity index (χ3v) is 3.82. The van der Waals surface area contributed by atoms with Gasteiger partial charge in [0.2, 0.25) is 0 Å². The average molecular weight is 334 g/mol. The highest BCUT2D eigenvalue weighted by molar-refractivity contribution is 5.94. The van der Waals surface area contributed by atoms with E-state index >= 15 is 0 Å². The van der Waals surface area contributed by atoms with Crippen molar-refractivity contribution in [3.63, 3.8) is 0 Å². The molecule has 7 nitrogen and oxygen atoms in total. The third kappa shape index (κ3) is 3.95. The van der Waals surface area contributed by atoms with Crippen LogP contribution >= 0.6 is 0 Å². The molecule has 1 saturated heterocycles. The minimum Gasteiger partial charge on any atom is -0.376 e. The van der Waals surface area contributed by atoms with Crippen LogP contribution in [0.4, 0.5) is 10.1 Å². The van der Waals surface area contributed by atoms with Crippen molar-refractivity contribution < 1.29 is 18.7 Å².